The van der Waals surface area contributed by atoms with Crippen molar-refractivity contribution >= 4 is 0 Å². The highest BCUT2D eigenvalue weighted by atomic mass is 16.3. The second-order valence-electron chi connectivity index (χ2n) is 6.81. The van der Waals surface area contributed by atoms with Gasteiger partial charge in [0.05, 0.1) is 12.2 Å². The van der Waals surface area contributed by atoms with Crippen LogP contribution >= 0.6 is 0 Å². The van der Waals surface area contributed by atoms with Crippen LogP contribution in [-0.2, 0) is 0 Å². The number of aryl methyl sites for hydroxylation is 2. The molecule has 2 N–H and O–H groups in total. The lowest BCUT2D eigenvalue weighted by Crippen LogP contribution is -2.54. The Hall–Kier alpha value is -0.940. The number of β-amino-alcohol motifs (C(OH)–C–C–N with tert-alkyl or cyclic N) is 2. The molecule has 1 aromatic carbocycles. The van der Waals surface area contributed by atoms with Gasteiger partial charge in [-0.25, -0.2) is 0 Å². The van der Waals surface area contributed by atoms with Crippen LogP contribution in [0.2, 0.25) is 0 Å². The normalized spacial score (nSPS) is 23.5. The number of aliphatic hydroxyl groups is 2. The van der Waals surface area contributed by atoms with E-state index in [1.54, 1.807) is 0 Å². The quantitative estimate of drug-likeness (QED) is 0.870. The Morgan fingerprint density at radius 1 is 1.14 bits per heavy atom. The predicted molar refractivity (Wildman–Crippen MR) is 90.0 cm³/mol. The zero-order valence-electron chi connectivity index (χ0n) is 14.3. The number of piperazine rings is 1. The van der Waals surface area contributed by atoms with Gasteiger partial charge in [0, 0.05) is 38.8 Å². The van der Waals surface area contributed by atoms with Crippen LogP contribution in [0, 0.1) is 13.8 Å². The molecule has 0 saturated carbocycles. The molecule has 1 aromatic rings. The third-order valence-electron chi connectivity index (χ3n) is 4.69. The number of hydrogen-bond acceptors (Lipinski definition) is 4. The van der Waals surface area contributed by atoms with E-state index in [9.17, 15) is 10.2 Å². The fraction of sp³-hybridized carbons (Fsp3) is 0.667. The molecule has 0 aliphatic carbocycles. The molecule has 0 amide bonds. The number of nitrogens with zero attached hydrogens (tertiary/aromatic N) is 2. The van der Waals surface area contributed by atoms with Gasteiger partial charge in [0.1, 0.15) is 0 Å². The summed E-state index contributed by atoms with van der Waals surface area (Å²) >= 11 is 0. The lowest BCUT2D eigenvalue weighted by atomic mass is 10.0. The van der Waals surface area contributed by atoms with E-state index in [0.717, 1.165) is 31.7 Å². The molecule has 0 aromatic heterocycles. The van der Waals surface area contributed by atoms with Crippen LogP contribution in [0.5, 0.6) is 0 Å². The Morgan fingerprint density at radius 3 is 2.45 bits per heavy atom. The third-order valence-corrected chi connectivity index (χ3v) is 4.69. The van der Waals surface area contributed by atoms with Crippen LogP contribution in [0.1, 0.15) is 36.6 Å². The van der Waals surface area contributed by atoms with Crippen molar-refractivity contribution in [2.24, 2.45) is 0 Å². The second-order valence-corrected chi connectivity index (χ2v) is 6.81. The Balaban J connectivity index is 1.90. The van der Waals surface area contributed by atoms with Crippen LogP contribution in [0.25, 0.3) is 0 Å². The van der Waals surface area contributed by atoms with Gasteiger partial charge >= 0.3 is 0 Å². The lowest BCUT2D eigenvalue weighted by Gasteiger charge is -2.41. The van der Waals surface area contributed by atoms with Gasteiger partial charge in [0.2, 0.25) is 0 Å². The van der Waals surface area contributed by atoms with Crippen molar-refractivity contribution in [1.82, 2.24) is 9.80 Å². The van der Waals surface area contributed by atoms with Crippen molar-refractivity contribution in [2.45, 2.75) is 45.9 Å². The van der Waals surface area contributed by atoms with Gasteiger partial charge < -0.3 is 10.2 Å². The summed E-state index contributed by atoms with van der Waals surface area (Å²) in [6.07, 6.45) is -0.718. The second kappa shape index (κ2) is 7.55. The molecule has 124 valence electrons. The first-order valence-corrected chi connectivity index (χ1v) is 8.26. The van der Waals surface area contributed by atoms with Gasteiger partial charge in [-0.05, 0) is 44.4 Å². The van der Waals surface area contributed by atoms with E-state index in [0.29, 0.717) is 12.6 Å². The van der Waals surface area contributed by atoms with Crippen molar-refractivity contribution in [1.29, 1.82) is 0 Å². The number of hydrogen-bond donors (Lipinski definition) is 2. The summed E-state index contributed by atoms with van der Waals surface area (Å²) in [6, 6.07) is 6.61. The molecule has 4 nitrogen and oxygen atoms in total. The molecule has 0 bridgehead atoms. The van der Waals surface area contributed by atoms with E-state index in [1.165, 1.54) is 11.1 Å². The summed E-state index contributed by atoms with van der Waals surface area (Å²) < 4.78 is 0. The average molecular weight is 306 g/mol. The minimum absolute atomic E-state index is 0.282. The van der Waals surface area contributed by atoms with Gasteiger partial charge in [0.25, 0.3) is 0 Å². The molecular formula is C18H30N2O2. The first kappa shape index (κ1) is 17.4. The van der Waals surface area contributed by atoms with E-state index < -0.39 is 6.10 Å². The van der Waals surface area contributed by atoms with Gasteiger partial charge in [-0.15, -0.1) is 0 Å². The fourth-order valence-corrected chi connectivity index (χ4v) is 3.17. The highest BCUT2D eigenvalue weighted by Gasteiger charge is 2.25. The first-order chi connectivity index (χ1) is 10.4. The van der Waals surface area contributed by atoms with Crippen LogP contribution < -0.4 is 0 Å². The molecule has 0 radical (unpaired) electrons. The molecular weight excluding hydrogens is 276 g/mol. The van der Waals surface area contributed by atoms with Gasteiger partial charge in [-0.2, -0.15) is 0 Å². The summed E-state index contributed by atoms with van der Waals surface area (Å²) in [7, 11) is 0. The van der Waals surface area contributed by atoms with Crippen molar-refractivity contribution < 1.29 is 10.2 Å². The smallest absolute Gasteiger partial charge is 0.0917 e. The minimum Gasteiger partial charge on any atom is -0.392 e. The summed E-state index contributed by atoms with van der Waals surface area (Å²) in [6.45, 7) is 12.4. The summed E-state index contributed by atoms with van der Waals surface area (Å²) in [5.74, 6) is 0. The molecule has 22 heavy (non-hydrogen) atoms. The zero-order chi connectivity index (χ0) is 16.3. The van der Waals surface area contributed by atoms with Crippen LogP contribution in [0.4, 0.5) is 0 Å². The van der Waals surface area contributed by atoms with Crippen molar-refractivity contribution in [3.63, 3.8) is 0 Å². The maximum atomic E-state index is 10.5. The Labute approximate surface area is 134 Å². The van der Waals surface area contributed by atoms with E-state index in [2.05, 4.69) is 42.7 Å². The van der Waals surface area contributed by atoms with Crippen LogP contribution in [0.15, 0.2) is 18.2 Å². The predicted octanol–water partition coefficient (Wildman–Crippen LogP) is 1.72. The summed E-state index contributed by atoms with van der Waals surface area (Å²) in [4.78, 5) is 4.65. The highest BCUT2D eigenvalue weighted by molar-refractivity contribution is 5.31. The number of rotatable bonds is 5. The molecule has 2 rings (SSSR count). The largest absolute Gasteiger partial charge is 0.392 e. The molecule has 3 atom stereocenters. The molecule has 0 spiro atoms. The molecule has 1 aliphatic rings. The topological polar surface area (TPSA) is 46.9 Å². The first-order valence-electron chi connectivity index (χ1n) is 8.26. The van der Waals surface area contributed by atoms with Gasteiger partial charge in [-0.1, -0.05) is 18.2 Å². The van der Waals surface area contributed by atoms with E-state index in [1.807, 2.05) is 13.0 Å². The SMILES string of the molecule is Cc1ccc(C(O)CN2CCN(CC(C)O)C(C)C2)cc1C. The van der Waals surface area contributed by atoms with E-state index >= 15 is 0 Å². The maximum Gasteiger partial charge on any atom is 0.0917 e. The monoisotopic (exact) mass is 306 g/mol. The maximum absolute atomic E-state index is 10.5. The van der Waals surface area contributed by atoms with E-state index in [-0.39, 0.29) is 6.10 Å². The molecule has 1 heterocycles. The Morgan fingerprint density at radius 2 is 1.86 bits per heavy atom. The molecule has 3 unspecified atom stereocenters. The highest BCUT2D eigenvalue weighted by Crippen LogP contribution is 2.20. The summed E-state index contributed by atoms with van der Waals surface area (Å²) in [5.41, 5.74) is 3.49. The van der Waals surface area contributed by atoms with Crippen molar-refractivity contribution in [3.8, 4) is 0 Å². The standard InChI is InChI=1S/C18H30N2O2/c1-13-5-6-17(9-14(13)2)18(22)12-19-7-8-20(11-16(4)21)15(3)10-19/h5-6,9,15-16,18,21-22H,7-8,10-12H2,1-4H3. The third kappa shape index (κ3) is 4.53. The fourth-order valence-electron chi connectivity index (χ4n) is 3.17. The van der Waals surface area contributed by atoms with Gasteiger partial charge in [0.15, 0.2) is 0 Å². The van der Waals surface area contributed by atoms with E-state index in [4.69, 9.17) is 0 Å². The Kier molecular flexibility index (Phi) is 5.98. The Bertz CT molecular complexity index is 490. The van der Waals surface area contributed by atoms with Crippen molar-refractivity contribution in [3.05, 3.63) is 34.9 Å². The molecule has 1 aliphatic heterocycles. The molecule has 1 fully saturated rings. The van der Waals surface area contributed by atoms with Crippen LogP contribution in [0.3, 0.4) is 0 Å². The average Bonchev–Trinajstić information content (AvgIpc) is 2.44. The van der Waals surface area contributed by atoms with Gasteiger partial charge in [-0.3, -0.25) is 9.80 Å². The zero-order valence-corrected chi connectivity index (χ0v) is 14.3. The minimum atomic E-state index is -0.435. The summed E-state index contributed by atoms with van der Waals surface area (Å²) in [5, 5.41) is 20.0. The van der Waals surface area contributed by atoms with Crippen LogP contribution in [-0.4, -0.2) is 64.9 Å². The molecule has 1 saturated heterocycles. The number of aliphatic hydroxyl groups excluding tert-OH is 2. The molecule has 4 heteroatoms. The lowest BCUT2D eigenvalue weighted by molar-refractivity contribution is 0.0240. The number of benzene rings is 1. The van der Waals surface area contributed by atoms with Crippen molar-refractivity contribution in [2.75, 3.05) is 32.7 Å².